The lowest BCUT2D eigenvalue weighted by molar-refractivity contribution is -0.122. The zero-order valence-electron chi connectivity index (χ0n) is 16.5. The van der Waals surface area contributed by atoms with Gasteiger partial charge >= 0.3 is 6.03 Å². The van der Waals surface area contributed by atoms with Crippen LogP contribution in [0.3, 0.4) is 0 Å². The second-order valence-corrected chi connectivity index (χ2v) is 6.90. The highest BCUT2D eigenvalue weighted by molar-refractivity contribution is 5.89. The summed E-state index contributed by atoms with van der Waals surface area (Å²) < 4.78 is 15.1. The Kier molecular flexibility index (Phi) is 7.52. The zero-order valence-corrected chi connectivity index (χ0v) is 17.3. The van der Waals surface area contributed by atoms with Crippen molar-refractivity contribution < 1.29 is 14.0 Å². The molecule has 3 N–H and O–H groups in total. The fourth-order valence-corrected chi connectivity index (χ4v) is 3.11. The maximum absolute atomic E-state index is 13.4. The van der Waals surface area contributed by atoms with Crippen LogP contribution in [0.15, 0.2) is 24.4 Å². The summed E-state index contributed by atoms with van der Waals surface area (Å²) in [6.07, 6.45) is 2.40. The van der Waals surface area contributed by atoms with E-state index in [9.17, 15) is 14.0 Å². The van der Waals surface area contributed by atoms with Gasteiger partial charge in [-0.1, -0.05) is 11.3 Å². The van der Waals surface area contributed by atoms with E-state index in [-0.39, 0.29) is 43.0 Å². The summed E-state index contributed by atoms with van der Waals surface area (Å²) in [6, 6.07) is 3.65. The number of likely N-dealkylation sites (N-methyl/N-ethyl adjacent to an activating group) is 1. The van der Waals surface area contributed by atoms with Crippen LogP contribution in [0.5, 0.6) is 0 Å². The van der Waals surface area contributed by atoms with Crippen LogP contribution >= 0.6 is 12.4 Å². The van der Waals surface area contributed by atoms with Gasteiger partial charge in [-0.2, -0.15) is 0 Å². The summed E-state index contributed by atoms with van der Waals surface area (Å²) in [4.78, 5) is 25.5. The Hall–Kier alpha value is -2.72. The number of benzene rings is 1. The molecule has 0 unspecified atom stereocenters. The smallest absolute Gasteiger partial charge is 0.321 e. The van der Waals surface area contributed by atoms with Gasteiger partial charge in [-0.15, -0.1) is 17.5 Å². The molecule has 9 nitrogen and oxygen atoms in total. The van der Waals surface area contributed by atoms with E-state index in [2.05, 4.69) is 26.3 Å². The largest absolute Gasteiger partial charge is 0.358 e. The molecule has 0 aliphatic carbocycles. The molecule has 2 aromatic rings. The van der Waals surface area contributed by atoms with Crippen LogP contribution in [0.4, 0.5) is 14.9 Å². The summed E-state index contributed by atoms with van der Waals surface area (Å²) in [5, 5.41) is 16.7. The second kappa shape index (κ2) is 9.66. The van der Waals surface area contributed by atoms with Gasteiger partial charge in [-0.05, 0) is 31.0 Å². The first-order valence-corrected chi connectivity index (χ1v) is 9.01. The van der Waals surface area contributed by atoms with Crippen molar-refractivity contribution in [1.82, 2.24) is 30.5 Å². The summed E-state index contributed by atoms with van der Waals surface area (Å²) in [5.41, 5.74) is 1.82. The minimum atomic E-state index is -0.410. The molecule has 0 saturated carbocycles. The molecule has 2 atom stereocenters. The van der Waals surface area contributed by atoms with Crippen LogP contribution in [-0.4, -0.2) is 58.5 Å². The van der Waals surface area contributed by atoms with Crippen LogP contribution < -0.4 is 16.0 Å². The van der Waals surface area contributed by atoms with Gasteiger partial charge in [-0.3, -0.25) is 4.79 Å². The molecular formula is C18H25ClFN7O2. The first kappa shape index (κ1) is 22.6. The quantitative estimate of drug-likeness (QED) is 0.672. The number of rotatable bonds is 5. The molecule has 1 aliphatic rings. The molecule has 1 aliphatic heterocycles. The molecule has 158 valence electrons. The van der Waals surface area contributed by atoms with Gasteiger partial charge in [0.15, 0.2) is 0 Å². The summed E-state index contributed by atoms with van der Waals surface area (Å²) in [5.74, 6) is -0.460. The molecular weight excluding hydrogens is 401 g/mol. The highest BCUT2D eigenvalue weighted by atomic mass is 35.5. The van der Waals surface area contributed by atoms with Crippen LogP contribution in [-0.2, 0) is 11.3 Å². The number of nitrogens with one attached hydrogen (secondary N) is 3. The Balaban J connectivity index is 0.00000300. The average molecular weight is 426 g/mol. The number of amides is 3. The Morgan fingerprint density at radius 2 is 2.17 bits per heavy atom. The van der Waals surface area contributed by atoms with Crippen molar-refractivity contribution in [1.29, 1.82) is 0 Å². The van der Waals surface area contributed by atoms with Crippen molar-refractivity contribution in [3.05, 3.63) is 41.5 Å². The lowest BCUT2D eigenvalue weighted by Crippen LogP contribution is -2.38. The lowest BCUT2D eigenvalue weighted by atomic mass is 10.1. The standard InChI is InChI=1S/C18H24FN7O2.ClH/c1-11-4-5-12(19)6-15(11)22-18(28)25(3)9-13-10-26(24-23-13)14-7-16(21-8-14)17(27)20-2;/h4-6,10,14,16,21H,7-9H2,1-3H3,(H,20,27)(H,22,28);1H/t14-,16+;/m1./s1. The van der Waals surface area contributed by atoms with Gasteiger partial charge in [0, 0.05) is 26.3 Å². The topological polar surface area (TPSA) is 104 Å². The van der Waals surface area contributed by atoms with Crippen molar-refractivity contribution in [2.75, 3.05) is 26.0 Å². The predicted molar refractivity (Wildman–Crippen MR) is 108 cm³/mol. The van der Waals surface area contributed by atoms with Crippen molar-refractivity contribution in [2.45, 2.75) is 32.0 Å². The van der Waals surface area contributed by atoms with Gasteiger partial charge in [0.25, 0.3) is 0 Å². The van der Waals surface area contributed by atoms with E-state index in [1.54, 1.807) is 38.0 Å². The van der Waals surface area contributed by atoms with Gasteiger partial charge in [0.05, 0.1) is 24.8 Å². The van der Waals surface area contributed by atoms with Gasteiger partial charge < -0.3 is 20.9 Å². The molecule has 0 radical (unpaired) electrons. The predicted octanol–water partition coefficient (Wildman–Crippen LogP) is 1.46. The maximum Gasteiger partial charge on any atom is 0.321 e. The normalized spacial score (nSPS) is 18.1. The summed E-state index contributed by atoms with van der Waals surface area (Å²) in [6.45, 7) is 2.66. The van der Waals surface area contributed by atoms with E-state index in [1.807, 2.05) is 0 Å². The number of hydrogen-bond donors (Lipinski definition) is 3. The number of carbonyl (C=O) groups is 2. The fraction of sp³-hybridized carbons (Fsp3) is 0.444. The first-order valence-electron chi connectivity index (χ1n) is 9.01. The molecule has 1 aromatic carbocycles. The number of aromatic nitrogens is 3. The molecule has 1 aromatic heterocycles. The monoisotopic (exact) mass is 425 g/mol. The van der Waals surface area contributed by atoms with Gasteiger partial charge in [-0.25, -0.2) is 13.9 Å². The molecule has 0 bridgehead atoms. The third-order valence-electron chi connectivity index (χ3n) is 4.79. The number of carbonyl (C=O) groups excluding carboxylic acids is 2. The fourth-order valence-electron chi connectivity index (χ4n) is 3.11. The SMILES string of the molecule is CNC(=O)[C@@H]1C[C@@H](n2cc(CN(C)C(=O)Nc3cc(F)ccc3C)nn2)CN1.Cl. The van der Waals surface area contributed by atoms with E-state index < -0.39 is 5.82 Å². The zero-order chi connectivity index (χ0) is 20.3. The van der Waals surface area contributed by atoms with Crippen LogP contribution in [0.1, 0.15) is 23.7 Å². The molecule has 29 heavy (non-hydrogen) atoms. The minimum absolute atomic E-state index is 0. The third kappa shape index (κ3) is 5.42. The van der Waals surface area contributed by atoms with Crippen LogP contribution in [0, 0.1) is 12.7 Å². The Bertz CT molecular complexity index is 876. The van der Waals surface area contributed by atoms with E-state index in [0.29, 0.717) is 24.3 Å². The lowest BCUT2D eigenvalue weighted by Gasteiger charge is -2.17. The molecule has 2 heterocycles. The van der Waals surface area contributed by atoms with Crippen molar-refractivity contribution in [3.8, 4) is 0 Å². The average Bonchev–Trinajstić information content (AvgIpc) is 3.33. The molecule has 1 saturated heterocycles. The van der Waals surface area contributed by atoms with Crippen molar-refractivity contribution in [2.24, 2.45) is 0 Å². The minimum Gasteiger partial charge on any atom is -0.358 e. The van der Waals surface area contributed by atoms with E-state index >= 15 is 0 Å². The van der Waals surface area contributed by atoms with E-state index in [4.69, 9.17) is 0 Å². The molecule has 3 amide bonds. The summed E-state index contributed by atoms with van der Waals surface area (Å²) in [7, 11) is 3.23. The van der Waals surface area contributed by atoms with E-state index in [0.717, 1.165) is 5.56 Å². The molecule has 3 rings (SSSR count). The molecule has 1 fully saturated rings. The van der Waals surface area contributed by atoms with Crippen LogP contribution in [0.2, 0.25) is 0 Å². The molecule has 0 spiro atoms. The first-order chi connectivity index (χ1) is 13.4. The number of anilines is 1. The third-order valence-corrected chi connectivity index (χ3v) is 4.79. The highest BCUT2D eigenvalue weighted by Gasteiger charge is 2.30. The highest BCUT2D eigenvalue weighted by Crippen LogP contribution is 2.20. The number of hydrogen-bond acceptors (Lipinski definition) is 5. The van der Waals surface area contributed by atoms with Crippen LogP contribution in [0.25, 0.3) is 0 Å². The Morgan fingerprint density at radius 3 is 2.90 bits per heavy atom. The van der Waals surface area contributed by atoms with E-state index in [1.165, 1.54) is 17.0 Å². The number of urea groups is 1. The number of halogens is 2. The maximum atomic E-state index is 13.4. The summed E-state index contributed by atoms with van der Waals surface area (Å²) >= 11 is 0. The Morgan fingerprint density at radius 1 is 1.41 bits per heavy atom. The number of nitrogens with zero attached hydrogens (tertiary/aromatic N) is 4. The number of aryl methyl sites for hydroxylation is 1. The Labute approximate surface area is 174 Å². The molecule has 11 heteroatoms. The van der Waals surface area contributed by atoms with Crippen molar-refractivity contribution in [3.63, 3.8) is 0 Å². The van der Waals surface area contributed by atoms with Crippen molar-refractivity contribution >= 4 is 30.0 Å². The van der Waals surface area contributed by atoms with Gasteiger partial charge in [0.1, 0.15) is 11.5 Å². The second-order valence-electron chi connectivity index (χ2n) is 6.90. The van der Waals surface area contributed by atoms with Gasteiger partial charge in [0.2, 0.25) is 5.91 Å².